The van der Waals surface area contributed by atoms with Crippen LogP contribution in [-0.2, 0) is 14.3 Å². The highest BCUT2D eigenvalue weighted by atomic mass is 32.1. The molecule has 4 aromatic rings. The first kappa shape index (κ1) is 25.0. The van der Waals surface area contributed by atoms with Gasteiger partial charge in [-0.2, -0.15) is 4.37 Å². The van der Waals surface area contributed by atoms with Crippen molar-refractivity contribution in [3.8, 4) is 10.4 Å². The SMILES string of the molecule is Cc1nsc(-c2ccc3cc(C4CCC(OC=O)CC4)ccc3c2)c1NC(=O)O[C@H](C)c1ccccc1. The molecular formula is C30H30N2O4S. The minimum atomic E-state index is -0.500. The van der Waals surface area contributed by atoms with Crippen LogP contribution >= 0.6 is 11.5 Å². The van der Waals surface area contributed by atoms with Crippen molar-refractivity contribution in [1.29, 1.82) is 0 Å². The average Bonchev–Trinajstić information content (AvgIpc) is 3.28. The number of aromatic nitrogens is 1. The zero-order valence-electron chi connectivity index (χ0n) is 21.0. The maximum atomic E-state index is 12.7. The Bertz CT molecular complexity index is 1390. The molecule has 1 amide bonds. The number of anilines is 1. The van der Waals surface area contributed by atoms with E-state index < -0.39 is 6.09 Å². The van der Waals surface area contributed by atoms with Crippen LogP contribution in [0.25, 0.3) is 21.2 Å². The molecule has 0 spiro atoms. The van der Waals surface area contributed by atoms with Crippen molar-refractivity contribution in [3.63, 3.8) is 0 Å². The van der Waals surface area contributed by atoms with Gasteiger partial charge in [0.1, 0.15) is 12.2 Å². The number of hydrogen-bond donors (Lipinski definition) is 1. The summed E-state index contributed by atoms with van der Waals surface area (Å²) in [6.07, 6.45) is 3.06. The van der Waals surface area contributed by atoms with Gasteiger partial charge in [-0.05, 0) is 90.5 Å². The minimum Gasteiger partial charge on any atom is -0.465 e. The Morgan fingerprint density at radius 1 is 1.03 bits per heavy atom. The van der Waals surface area contributed by atoms with E-state index in [0.29, 0.717) is 18.1 Å². The number of carbonyl (C=O) groups excluding carboxylic acids is 2. The number of nitrogens with one attached hydrogen (secondary N) is 1. The fourth-order valence-electron chi connectivity index (χ4n) is 5.07. The fourth-order valence-corrected chi connectivity index (χ4v) is 5.91. The number of amides is 1. The van der Waals surface area contributed by atoms with Crippen LogP contribution in [0.4, 0.5) is 10.5 Å². The van der Waals surface area contributed by atoms with Crippen LogP contribution in [0.2, 0.25) is 0 Å². The smallest absolute Gasteiger partial charge is 0.412 e. The Kier molecular flexibility index (Phi) is 7.51. The first-order valence-corrected chi connectivity index (χ1v) is 13.4. The van der Waals surface area contributed by atoms with Gasteiger partial charge in [-0.3, -0.25) is 10.1 Å². The maximum absolute atomic E-state index is 12.7. The van der Waals surface area contributed by atoms with Gasteiger partial charge in [0.15, 0.2) is 0 Å². The second-order valence-corrected chi connectivity index (χ2v) is 10.4. The van der Waals surface area contributed by atoms with Gasteiger partial charge in [-0.1, -0.05) is 60.7 Å². The van der Waals surface area contributed by atoms with E-state index in [4.69, 9.17) is 9.47 Å². The molecule has 1 N–H and O–H groups in total. The molecule has 0 radical (unpaired) electrons. The van der Waals surface area contributed by atoms with E-state index in [0.717, 1.165) is 52.8 Å². The first-order valence-electron chi connectivity index (χ1n) is 12.6. The molecule has 0 saturated heterocycles. The van der Waals surface area contributed by atoms with Gasteiger partial charge in [-0.15, -0.1) is 0 Å². The van der Waals surface area contributed by atoms with Crippen molar-refractivity contribution in [2.24, 2.45) is 0 Å². The van der Waals surface area contributed by atoms with Crippen LogP contribution < -0.4 is 5.32 Å². The molecule has 0 aliphatic heterocycles. The average molecular weight is 515 g/mol. The van der Waals surface area contributed by atoms with Crippen molar-refractivity contribution >= 4 is 40.6 Å². The van der Waals surface area contributed by atoms with E-state index in [1.54, 1.807) is 0 Å². The molecule has 1 fully saturated rings. The Morgan fingerprint density at radius 3 is 2.51 bits per heavy atom. The Labute approximate surface area is 220 Å². The number of aryl methyl sites for hydroxylation is 1. The lowest BCUT2D eigenvalue weighted by molar-refractivity contribution is -0.135. The Hall–Kier alpha value is -3.71. The molecule has 1 aliphatic rings. The lowest BCUT2D eigenvalue weighted by atomic mass is 9.82. The van der Waals surface area contributed by atoms with Gasteiger partial charge in [-0.25, -0.2) is 4.79 Å². The van der Waals surface area contributed by atoms with Crippen LogP contribution in [0.3, 0.4) is 0 Å². The van der Waals surface area contributed by atoms with Crippen molar-refractivity contribution in [1.82, 2.24) is 4.37 Å². The summed E-state index contributed by atoms with van der Waals surface area (Å²) in [6.45, 7) is 4.31. The summed E-state index contributed by atoms with van der Waals surface area (Å²) in [5.74, 6) is 0.486. The molecule has 5 rings (SSSR count). The summed E-state index contributed by atoms with van der Waals surface area (Å²) in [5.41, 5.74) is 4.71. The van der Waals surface area contributed by atoms with Gasteiger partial charge in [0, 0.05) is 0 Å². The molecular weight excluding hydrogens is 484 g/mol. The second kappa shape index (κ2) is 11.1. The molecule has 1 heterocycles. The zero-order chi connectivity index (χ0) is 25.8. The van der Waals surface area contributed by atoms with E-state index in [2.05, 4.69) is 46.1 Å². The van der Waals surface area contributed by atoms with E-state index in [1.165, 1.54) is 22.5 Å². The molecule has 0 bridgehead atoms. The van der Waals surface area contributed by atoms with Crippen molar-refractivity contribution in [3.05, 3.63) is 83.6 Å². The summed E-state index contributed by atoms with van der Waals surface area (Å²) in [6, 6.07) is 22.7. The number of fused-ring (bicyclic) bond motifs is 1. The summed E-state index contributed by atoms with van der Waals surface area (Å²) in [7, 11) is 0. The Balaban J connectivity index is 1.31. The number of carbonyl (C=O) groups is 2. The predicted octanol–water partition coefficient (Wildman–Crippen LogP) is 7.78. The Morgan fingerprint density at radius 2 is 1.76 bits per heavy atom. The van der Waals surface area contributed by atoms with Crippen LogP contribution in [0.5, 0.6) is 0 Å². The molecule has 37 heavy (non-hydrogen) atoms. The van der Waals surface area contributed by atoms with Crippen LogP contribution in [0.1, 0.15) is 61.4 Å². The molecule has 1 aromatic heterocycles. The number of hydrogen-bond acceptors (Lipinski definition) is 6. The second-order valence-electron chi connectivity index (χ2n) is 9.58. The highest BCUT2D eigenvalue weighted by Gasteiger charge is 2.23. The third-order valence-electron chi connectivity index (χ3n) is 7.16. The lowest BCUT2D eigenvalue weighted by Crippen LogP contribution is -2.20. The van der Waals surface area contributed by atoms with Gasteiger partial charge in [0.05, 0.1) is 16.3 Å². The largest absolute Gasteiger partial charge is 0.465 e. The highest BCUT2D eigenvalue weighted by Crippen LogP contribution is 2.38. The van der Waals surface area contributed by atoms with Crippen molar-refractivity contribution < 1.29 is 19.1 Å². The summed E-state index contributed by atoms with van der Waals surface area (Å²) < 4.78 is 15.3. The minimum absolute atomic E-state index is 0.0567. The summed E-state index contributed by atoms with van der Waals surface area (Å²) >= 11 is 1.37. The predicted molar refractivity (Wildman–Crippen MR) is 147 cm³/mol. The van der Waals surface area contributed by atoms with Crippen LogP contribution in [0.15, 0.2) is 66.7 Å². The standard InChI is InChI=1S/C30H30N2O4S/c1-19-28(31-30(34)36-20(2)21-6-4-3-5-7-21)29(37-32-19)26-11-10-24-16-23(8-9-25(24)17-26)22-12-14-27(15-13-22)35-18-33/h3-11,16-18,20,22,27H,12-15H2,1-2H3,(H,31,34)/t20-,22?,27?/m1/s1. The van der Waals surface area contributed by atoms with E-state index in [9.17, 15) is 9.59 Å². The number of ether oxygens (including phenoxy) is 2. The number of benzene rings is 3. The van der Waals surface area contributed by atoms with Gasteiger partial charge in [0.2, 0.25) is 0 Å². The number of nitrogens with zero attached hydrogens (tertiary/aromatic N) is 1. The molecule has 7 heteroatoms. The van der Waals surface area contributed by atoms with E-state index in [1.807, 2.05) is 44.2 Å². The maximum Gasteiger partial charge on any atom is 0.412 e. The monoisotopic (exact) mass is 514 g/mol. The molecule has 190 valence electrons. The van der Waals surface area contributed by atoms with Gasteiger partial charge >= 0.3 is 6.09 Å². The van der Waals surface area contributed by atoms with Crippen molar-refractivity contribution in [2.75, 3.05) is 5.32 Å². The highest BCUT2D eigenvalue weighted by molar-refractivity contribution is 7.10. The van der Waals surface area contributed by atoms with E-state index >= 15 is 0 Å². The molecule has 1 aliphatic carbocycles. The van der Waals surface area contributed by atoms with Crippen molar-refractivity contribution in [2.45, 2.75) is 57.7 Å². The summed E-state index contributed by atoms with van der Waals surface area (Å²) in [5, 5.41) is 5.24. The normalized spacial score (nSPS) is 18.2. The molecule has 3 aromatic carbocycles. The number of rotatable bonds is 7. The van der Waals surface area contributed by atoms with Gasteiger partial charge < -0.3 is 9.47 Å². The zero-order valence-corrected chi connectivity index (χ0v) is 21.8. The molecule has 1 saturated carbocycles. The molecule has 1 atom stereocenters. The molecule has 0 unspecified atom stereocenters. The van der Waals surface area contributed by atoms with E-state index in [-0.39, 0.29) is 12.2 Å². The first-order chi connectivity index (χ1) is 18.0. The quantitative estimate of drug-likeness (QED) is 0.255. The lowest BCUT2D eigenvalue weighted by Gasteiger charge is -2.27. The van der Waals surface area contributed by atoms with Crippen LogP contribution in [0, 0.1) is 6.92 Å². The third kappa shape index (κ3) is 5.67. The van der Waals surface area contributed by atoms with Crippen LogP contribution in [-0.4, -0.2) is 23.0 Å². The summed E-state index contributed by atoms with van der Waals surface area (Å²) in [4.78, 5) is 24.2. The fraction of sp³-hybridized carbons (Fsp3) is 0.300. The van der Waals surface area contributed by atoms with Gasteiger partial charge in [0.25, 0.3) is 6.47 Å². The topological polar surface area (TPSA) is 77.5 Å². The third-order valence-corrected chi connectivity index (χ3v) is 8.15. The molecule has 6 nitrogen and oxygen atoms in total.